The van der Waals surface area contributed by atoms with Crippen LogP contribution in [-0.4, -0.2) is 19.3 Å². The number of hydrogen-bond donors (Lipinski definition) is 0. The van der Waals surface area contributed by atoms with Gasteiger partial charge in [0.05, 0.1) is 19.3 Å². The summed E-state index contributed by atoms with van der Waals surface area (Å²) in [6.07, 6.45) is 0.0621. The van der Waals surface area contributed by atoms with E-state index in [1.807, 2.05) is 13.8 Å². The molecule has 0 spiro atoms. The predicted octanol–water partition coefficient (Wildman–Crippen LogP) is 2.71. The summed E-state index contributed by atoms with van der Waals surface area (Å²) in [5.41, 5.74) is 0.0582. The van der Waals surface area contributed by atoms with Gasteiger partial charge in [-0.1, -0.05) is 13.8 Å². The number of hydrogen-bond acceptors (Lipinski definition) is 4. The molecule has 0 saturated carbocycles. The van der Waals surface area contributed by atoms with Gasteiger partial charge >= 0.3 is 6.72 Å². The van der Waals surface area contributed by atoms with Crippen LogP contribution in [0.5, 0.6) is 0 Å². The Bertz CT molecular complexity index is 213. The van der Waals surface area contributed by atoms with Crippen LogP contribution in [0.4, 0.5) is 0 Å². The molecule has 0 unspecified atom stereocenters. The second kappa shape index (κ2) is 3.95. The van der Waals surface area contributed by atoms with Crippen LogP contribution in [0.1, 0.15) is 27.7 Å². The minimum absolute atomic E-state index is 0.0582. The van der Waals surface area contributed by atoms with Crippen molar-refractivity contribution in [1.82, 2.24) is 0 Å². The maximum Gasteiger partial charge on any atom is 0.327 e. The lowest BCUT2D eigenvalue weighted by Crippen LogP contribution is -2.30. The molecule has 0 aromatic heterocycles. The SMILES string of the molecule is CC(C)OP1(=S)OCC(C)(C)CO1. The molecular formula is C8H17O3PS. The molecule has 0 aromatic carbocycles. The van der Waals surface area contributed by atoms with Crippen molar-refractivity contribution in [3.05, 3.63) is 0 Å². The van der Waals surface area contributed by atoms with E-state index in [9.17, 15) is 0 Å². The number of rotatable bonds is 2. The molecule has 0 aliphatic carbocycles. The first-order valence-electron chi connectivity index (χ1n) is 4.41. The lowest BCUT2D eigenvalue weighted by Gasteiger charge is -2.36. The molecule has 1 fully saturated rings. The maximum absolute atomic E-state index is 5.47. The minimum Gasteiger partial charge on any atom is -0.308 e. The van der Waals surface area contributed by atoms with Crippen molar-refractivity contribution in [2.45, 2.75) is 33.8 Å². The smallest absolute Gasteiger partial charge is 0.308 e. The van der Waals surface area contributed by atoms with E-state index in [1.165, 1.54) is 0 Å². The zero-order valence-electron chi connectivity index (χ0n) is 8.57. The van der Waals surface area contributed by atoms with Gasteiger partial charge in [-0.05, 0) is 25.7 Å². The largest absolute Gasteiger partial charge is 0.327 e. The fourth-order valence-electron chi connectivity index (χ4n) is 0.906. The van der Waals surface area contributed by atoms with Gasteiger partial charge in [-0.25, -0.2) is 0 Å². The molecule has 5 heteroatoms. The summed E-state index contributed by atoms with van der Waals surface area (Å²) in [7, 11) is 0. The van der Waals surface area contributed by atoms with Crippen molar-refractivity contribution in [3.8, 4) is 0 Å². The molecule has 0 atom stereocenters. The zero-order chi connectivity index (χ0) is 10.1. The first-order valence-corrected chi connectivity index (χ1v) is 6.96. The topological polar surface area (TPSA) is 27.7 Å². The minimum atomic E-state index is -2.42. The van der Waals surface area contributed by atoms with Crippen LogP contribution in [0.2, 0.25) is 0 Å². The van der Waals surface area contributed by atoms with Crippen molar-refractivity contribution in [1.29, 1.82) is 0 Å². The van der Waals surface area contributed by atoms with Gasteiger partial charge in [0.25, 0.3) is 0 Å². The van der Waals surface area contributed by atoms with E-state index in [2.05, 4.69) is 13.8 Å². The van der Waals surface area contributed by atoms with Crippen LogP contribution in [0.3, 0.4) is 0 Å². The summed E-state index contributed by atoms with van der Waals surface area (Å²) in [5, 5.41) is 0. The van der Waals surface area contributed by atoms with Crippen LogP contribution in [0, 0.1) is 5.41 Å². The van der Waals surface area contributed by atoms with Gasteiger partial charge in [0.1, 0.15) is 0 Å². The lowest BCUT2D eigenvalue weighted by atomic mass is 9.97. The highest BCUT2D eigenvalue weighted by molar-refractivity contribution is 8.07. The van der Waals surface area contributed by atoms with Gasteiger partial charge in [0.2, 0.25) is 0 Å². The van der Waals surface area contributed by atoms with E-state index in [0.717, 1.165) is 0 Å². The first-order chi connectivity index (χ1) is 5.83. The molecular weight excluding hydrogens is 207 g/mol. The molecule has 1 aliphatic heterocycles. The third-order valence-electron chi connectivity index (χ3n) is 1.57. The van der Waals surface area contributed by atoms with Crippen LogP contribution in [0.25, 0.3) is 0 Å². The van der Waals surface area contributed by atoms with Crippen LogP contribution >= 0.6 is 6.72 Å². The second-order valence-electron chi connectivity index (χ2n) is 4.31. The molecule has 3 nitrogen and oxygen atoms in total. The van der Waals surface area contributed by atoms with Gasteiger partial charge < -0.3 is 13.6 Å². The molecule has 1 aliphatic rings. The molecule has 1 heterocycles. The molecule has 1 saturated heterocycles. The average Bonchev–Trinajstić information content (AvgIpc) is 1.95. The summed E-state index contributed by atoms with van der Waals surface area (Å²) in [5.74, 6) is 0. The molecule has 78 valence electrons. The Hall–Kier alpha value is 0.530. The van der Waals surface area contributed by atoms with Gasteiger partial charge in [0, 0.05) is 5.41 Å². The quantitative estimate of drug-likeness (QED) is 0.674. The lowest BCUT2D eigenvalue weighted by molar-refractivity contribution is 0.0177. The van der Waals surface area contributed by atoms with Gasteiger partial charge in [-0.15, -0.1) is 0 Å². The van der Waals surface area contributed by atoms with Crippen molar-refractivity contribution < 1.29 is 13.6 Å². The van der Waals surface area contributed by atoms with E-state index in [0.29, 0.717) is 13.2 Å². The zero-order valence-corrected chi connectivity index (χ0v) is 10.3. The Labute approximate surface area is 85.0 Å². The summed E-state index contributed by atoms with van der Waals surface area (Å²) < 4.78 is 16.4. The summed E-state index contributed by atoms with van der Waals surface area (Å²) in [6.45, 7) is 6.86. The molecule has 13 heavy (non-hydrogen) atoms. The molecule has 0 N–H and O–H groups in total. The second-order valence-corrected chi connectivity index (χ2v) is 7.28. The Morgan fingerprint density at radius 2 is 1.77 bits per heavy atom. The molecule has 0 radical (unpaired) electrons. The summed E-state index contributed by atoms with van der Waals surface area (Å²) in [6, 6.07) is 0. The highest BCUT2D eigenvalue weighted by atomic mass is 32.5. The van der Waals surface area contributed by atoms with Crippen LogP contribution < -0.4 is 0 Å². The van der Waals surface area contributed by atoms with E-state index >= 15 is 0 Å². The van der Waals surface area contributed by atoms with E-state index in [-0.39, 0.29) is 11.5 Å². The van der Waals surface area contributed by atoms with E-state index < -0.39 is 6.72 Å². The molecule has 0 bridgehead atoms. The Morgan fingerprint density at radius 1 is 1.31 bits per heavy atom. The molecule has 1 rings (SSSR count). The molecule has 0 aromatic rings. The van der Waals surface area contributed by atoms with Crippen LogP contribution in [0.15, 0.2) is 0 Å². The Balaban J connectivity index is 2.52. The van der Waals surface area contributed by atoms with E-state index in [1.54, 1.807) is 0 Å². The summed E-state index contributed by atoms with van der Waals surface area (Å²) in [4.78, 5) is 0. The van der Waals surface area contributed by atoms with Crippen molar-refractivity contribution in [2.24, 2.45) is 5.41 Å². The fourth-order valence-corrected chi connectivity index (χ4v) is 3.47. The monoisotopic (exact) mass is 224 g/mol. The van der Waals surface area contributed by atoms with Crippen LogP contribution in [-0.2, 0) is 25.4 Å². The van der Waals surface area contributed by atoms with Crippen molar-refractivity contribution in [3.63, 3.8) is 0 Å². The fraction of sp³-hybridized carbons (Fsp3) is 1.00. The van der Waals surface area contributed by atoms with E-state index in [4.69, 9.17) is 25.4 Å². The highest BCUT2D eigenvalue weighted by Gasteiger charge is 2.34. The predicted molar refractivity (Wildman–Crippen MR) is 56.2 cm³/mol. The van der Waals surface area contributed by atoms with Gasteiger partial charge in [-0.2, -0.15) is 0 Å². The highest BCUT2D eigenvalue weighted by Crippen LogP contribution is 2.55. The third kappa shape index (κ3) is 3.64. The average molecular weight is 224 g/mol. The maximum atomic E-state index is 5.47. The normalized spacial score (nSPS) is 26.2. The summed E-state index contributed by atoms with van der Waals surface area (Å²) >= 11 is 5.18. The Morgan fingerprint density at radius 3 is 2.15 bits per heavy atom. The van der Waals surface area contributed by atoms with Gasteiger partial charge in [0.15, 0.2) is 0 Å². The standard InChI is InChI=1S/C8H17O3PS/c1-7(2)11-12(13)9-5-8(3,4)6-10-12/h7H,5-6H2,1-4H3. The Kier molecular flexibility index (Phi) is 3.53. The van der Waals surface area contributed by atoms with Crippen molar-refractivity contribution >= 4 is 18.5 Å². The first kappa shape index (κ1) is 11.6. The van der Waals surface area contributed by atoms with Crippen molar-refractivity contribution in [2.75, 3.05) is 13.2 Å². The third-order valence-corrected chi connectivity index (χ3v) is 4.03. The van der Waals surface area contributed by atoms with Gasteiger partial charge in [-0.3, -0.25) is 0 Å². The molecule has 0 amide bonds.